The van der Waals surface area contributed by atoms with Gasteiger partial charge in [-0.3, -0.25) is 0 Å². The molecular weight excluding hydrogens is 271 g/mol. The Kier molecular flexibility index (Phi) is 4.17. The lowest BCUT2D eigenvalue weighted by Gasteiger charge is -2.08. The molecule has 3 nitrogen and oxygen atoms in total. The van der Waals surface area contributed by atoms with E-state index in [1.807, 2.05) is 6.92 Å². The van der Waals surface area contributed by atoms with Gasteiger partial charge in [-0.05, 0) is 30.2 Å². The number of halogens is 2. The van der Waals surface area contributed by atoms with Crippen molar-refractivity contribution in [3.05, 3.63) is 57.1 Å². The number of aliphatic hydroxyl groups is 1. The van der Waals surface area contributed by atoms with Gasteiger partial charge < -0.3 is 5.11 Å². The van der Waals surface area contributed by atoms with E-state index in [2.05, 4.69) is 9.97 Å². The first-order valence-corrected chi connectivity index (χ1v) is 6.22. The van der Waals surface area contributed by atoms with Crippen molar-refractivity contribution in [3.63, 3.8) is 0 Å². The number of aryl methyl sites for hydroxylation is 1. The molecule has 0 atom stereocenters. The molecule has 1 aromatic carbocycles. The van der Waals surface area contributed by atoms with Crippen LogP contribution in [0.1, 0.15) is 22.6 Å². The molecule has 0 aliphatic heterocycles. The molecule has 0 aliphatic rings. The number of nitrogens with zero attached hydrogens (tertiary/aromatic N) is 2. The van der Waals surface area contributed by atoms with E-state index >= 15 is 0 Å². The maximum Gasteiger partial charge on any atom is 0.133 e. The van der Waals surface area contributed by atoms with E-state index in [9.17, 15) is 5.11 Å². The Morgan fingerprint density at radius 3 is 2.50 bits per heavy atom. The zero-order valence-electron chi connectivity index (χ0n) is 9.82. The highest BCUT2D eigenvalue weighted by molar-refractivity contribution is 6.36. The van der Waals surface area contributed by atoms with Crippen LogP contribution in [0.3, 0.4) is 0 Å². The van der Waals surface area contributed by atoms with Crippen molar-refractivity contribution >= 4 is 23.2 Å². The third kappa shape index (κ3) is 2.80. The summed E-state index contributed by atoms with van der Waals surface area (Å²) in [6.07, 6.45) is 2.14. The minimum absolute atomic E-state index is 0.0996. The zero-order valence-corrected chi connectivity index (χ0v) is 11.3. The van der Waals surface area contributed by atoms with Gasteiger partial charge in [-0.25, -0.2) is 9.97 Å². The normalized spacial score (nSPS) is 10.7. The summed E-state index contributed by atoms with van der Waals surface area (Å²) >= 11 is 12.2. The first-order valence-electron chi connectivity index (χ1n) is 5.47. The van der Waals surface area contributed by atoms with E-state index in [-0.39, 0.29) is 6.61 Å². The van der Waals surface area contributed by atoms with Gasteiger partial charge in [-0.15, -0.1) is 0 Å². The molecule has 18 heavy (non-hydrogen) atoms. The molecule has 94 valence electrons. The Morgan fingerprint density at radius 2 is 1.89 bits per heavy atom. The fourth-order valence-electron chi connectivity index (χ4n) is 1.62. The molecule has 1 N–H and O–H groups in total. The van der Waals surface area contributed by atoms with Crippen LogP contribution >= 0.6 is 23.2 Å². The Hall–Kier alpha value is -1.16. The summed E-state index contributed by atoms with van der Waals surface area (Å²) in [4.78, 5) is 8.51. The first kappa shape index (κ1) is 13.3. The molecule has 0 saturated heterocycles. The van der Waals surface area contributed by atoms with Gasteiger partial charge in [0.1, 0.15) is 5.82 Å². The molecular formula is C13H12Cl2N2O. The van der Waals surface area contributed by atoms with Crippen LogP contribution in [0.25, 0.3) is 0 Å². The van der Waals surface area contributed by atoms with Crippen LogP contribution in [-0.2, 0) is 13.0 Å². The van der Waals surface area contributed by atoms with Crippen LogP contribution in [0.4, 0.5) is 0 Å². The Labute approximate surface area is 115 Å². The monoisotopic (exact) mass is 282 g/mol. The molecule has 2 rings (SSSR count). The van der Waals surface area contributed by atoms with Crippen LogP contribution in [0.2, 0.25) is 10.0 Å². The Bertz CT molecular complexity index is 553. The van der Waals surface area contributed by atoms with Crippen molar-refractivity contribution in [2.75, 3.05) is 0 Å². The largest absolute Gasteiger partial charge is 0.390 e. The highest BCUT2D eigenvalue weighted by atomic mass is 35.5. The maximum absolute atomic E-state index is 9.18. The summed E-state index contributed by atoms with van der Waals surface area (Å²) in [5.41, 5.74) is 2.29. The number of aliphatic hydroxyl groups excluding tert-OH is 1. The quantitative estimate of drug-likeness (QED) is 0.941. The number of hydrogen-bond donors (Lipinski definition) is 1. The van der Waals surface area contributed by atoms with Crippen LogP contribution in [-0.4, -0.2) is 15.1 Å². The predicted octanol–water partition coefficient (Wildman–Crippen LogP) is 3.17. The van der Waals surface area contributed by atoms with Crippen LogP contribution in [0.5, 0.6) is 0 Å². The second-order valence-corrected chi connectivity index (χ2v) is 4.77. The Morgan fingerprint density at radius 1 is 1.22 bits per heavy atom. The van der Waals surface area contributed by atoms with Gasteiger partial charge in [0.05, 0.1) is 12.3 Å². The van der Waals surface area contributed by atoms with Crippen molar-refractivity contribution < 1.29 is 5.11 Å². The van der Waals surface area contributed by atoms with E-state index in [1.165, 1.54) is 0 Å². The zero-order chi connectivity index (χ0) is 13.1. The number of rotatable bonds is 3. The molecule has 0 unspecified atom stereocenters. The molecule has 0 spiro atoms. The average molecular weight is 283 g/mol. The number of aromatic nitrogens is 2. The molecule has 0 bridgehead atoms. The maximum atomic E-state index is 9.18. The van der Waals surface area contributed by atoms with Gasteiger partial charge in [0.15, 0.2) is 0 Å². The molecule has 1 aromatic heterocycles. The second kappa shape index (κ2) is 5.65. The summed E-state index contributed by atoms with van der Waals surface area (Å²) in [7, 11) is 0. The minimum atomic E-state index is -0.0996. The Balaban J connectivity index is 2.34. The number of benzene rings is 1. The topological polar surface area (TPSA) is 46.0 Å². The minimum Gasteiger partial charge on any atom is -0.390 e. The van der Waals surface area contributed by atoms with Gasteiger partial charge in [0, 0.05) is 22.7 Å². The molecule has 1 heterocycles. The molecule has 0 radical (unpaired) electrons. The summed E-state index contributed by atoms with van der Waals surface area (Å²) in [6, 6.07) is 5.36. The third-order valence-electron chi connectivity index (χ3n) is 2.67. The fraction of sp³-hybridized carbons (Fsp3) is 0.231. The summed E-state index contributed by atoms with van der Waals surface area (Å²) < 4.78 is 0. The van der Waals surface area contributed by atoms with Crippen molar-refractivity contribution in [1.29, 1.82) is 0 Å². The van der Waals surface area contributed by atoms with Gasteiger partial charge in [0.25, 0.3) is 0 Å². The third-order valence-corrected chi connectivity index (χ3v) is 3.38. The van der Waals surface area contributed by atoms with Crippen molar-refractivity contribution in [2.24, 2.45) is 0 Å². The SMILES string of the molecule is Cc1cnc(Cc2c(Cl)cccc2Cl)nc1CO. The van der Waals surface area contributed by atoms with Gasteiger partial charge in [0.2, 0.25) is 0 Å². The summed E-state index contributed by atoms with van der Waals surface area (Å²) in [6.45, 7) is 1.76. The second-order valence-electron chi connectivity index (χ2n) is 3.95. The lowest BCUT2D eigenvalue weighted by Crippen LogP contribution is -2.03. The van der Waals surface area contributed by atoms with Crippen LogP contribution < -0.4 is 0 Å². The fourth-order valence-corrected chi connectivity index (χ4v) is 2.15. The lowest BCUT2D eigenvalue weighted by atomic mass is 10.1. The van der Waals surface area contributed by atoms with Crippen molar-refractivity contribution in [1.82, 2.24) is 9.97 Å². The molecule has 0 aliphatic carbocycles. The van der Waals surface area contributed by atoms with Crippen LogP contribution in [0.15, 0.2) is 24.4 Å². The summed E-state index contributed by atoms with van der Waals surface area (Å²) in [5.74, 6) is 0.597. The van der Waals surface area contributed by atoms with Crippen molar-refractivity contribution in [3.8, 4) is 0 Å². The van der Waals surface area contributed by atoms with E-state index in [1.54, 1.807) is 24.4 Å². The van der Waals surface area contributed by atoms with E-state index < -0.39 is 0 Å². The molecule has 2 aromatic rings. The molecule has 5 heteroatoms. The van der Waals surface area contributed by atoms with Crippen molar-refractivity contribution in [2.45, 2.75) is 20.0 Å². The molecule has 0 fully saturated rings. The van der Waals surface area contributed by atoms with E-state index in [0.29, 0.717) is 28.0 Å². The van der Waals surface area contributed by atoms with Crippen LogP contribution in [0, 0.1) is 6.92 Å². The molecule has 0 amide bonds. The predicted molar refractivity (Wildman–Crippen MR) is 72.0 cm³/mol. The smallest absolute Gasteiger partial charge is 0.133 e. The van der Waals surface area contributed by atoms with E-state index in [0.717, 1.165) is 11.1 Å². The highest BCUT2D eigenvalue weighted by Gasteiger charge is 2.09. The standard InChI is InChI=1S/C13H12Cl2N2O/c1-8-6-16-13(17-12(8)7-18)5-9-10(14)3-2-4-11(9)15/h2-4,6,18H,5,7H2,1H3. The van der Waals surface area contributed by atoms with Gasteiger partial charge >= 0.3 is 0 Å². The van der Waals surface area contributed by atoms with Gasteiger partial charge in [-0.2, -0.15) is 0 Å². The highest BCUT2D eigenvalue weighted by Crippen LogP contribution is 2.26. The molecule has 0 saturated carbocycles. The lowest BCUT2D eigenvalue weighted by molar-refractivity contribution is 0.275. The number of hydrogen-bond acceptors (Lipinski definition) is 3. The first-order chi connectivity index (χ1) is 8.61. The average Bonchev–Trinajstić information content (AvgIpc) is 2.36. The van der Waals surface area contributed by atoms with Gasteiger partial charge in [-0.1, -0.05) is 29.3 Å². The summed E-state index contributed by atoms with van der Waals surface area (Å²) in [5, 5.41) is 10.4. The van der Waals surface area contributed by atoms with E-state index in [4.69, 9.17) is 23.2 Å².